The van der Waals surface area contributed by atoms with Crippen LogP contribution in [-0.4, -0.2) is 43.5 Å². The lowest BCUT2D eigenvalue weighted by atomic mass is 10.2. The number of para-hydroxylation sites is 1. The zero-order valence-electron chi connectivity index (χ0n) is 17.8. The molecule has 0 bridgehead atoms. The second-order valence-corrected chi connectivity index (χ2v) is 12.1. The van der Waals surface area contributed by atoms with Gasteiger partial charge >= 0.3 is 6.03 Å². The van der Waals surface area contributed by atoms with E-state index in [4.69, 9.17) is 21.3 Å². The van der Waals surface area contributed by atoms with E-state index in [0.717, 1.165) is 48.4 Å². The van der Waals surface area contributed by atoms with Gasteiger partial charge in [0.25, 0.3) is 0 Å². The zero-order chi connectivity index (χ0) is 21.4. The molecule has 3 aliphatic heterocycles. The first-order chi connectivity index (χ1) is 15.1. The molecule has 1 atom stereocenters. The Hall–Kier alpha value is -2.08. The molecule has 8 heteroatoms. The molecule has 6 nitrogen and oxygen atoms in total. The molecule has 0 aliphatic carbocycles. The quantitative estimate of drug-likeness (QED) is 0.624. The van der Waals surface area contributed by atoms with Crippen LogP contribution in [0.2, 0.25) is 0 Å². The molecule has 31 heavy (non-hydrogen) atoms. The van der Waals surface area contributed by atoms with Crippen molar-refractivity contribution < 1.29 is 14.3 Å². The van der Waals surface area contributed by atoms with Crippen molar-refractivity contribution in [3.05, 3.63) is 42.5 Å². The maximum atomic E-state index is 13.9. The highest BCUT2D eigenvalue weighted by Crippen LogP contribution is 2.60. The van der Waals surface area contributed by atoms with Crippen LogP contribution in [0.1, 0.15) is 32.6 Å². The summed E-state index contributed by atoms with van der Waals surface area (Å²) < 4.78 is 16.1. The summed E-state index contributed by atoms with van der Waals surface area (Å²) in [5.74, 6) is 1.43. The number of hydrogen-bond acceptors (Lipinski definition) is 4. The Morgan fingerprint density at radius 3 is 2.26 bits per heavy atom. The molecule has 0 unspecified atom stereocenters. The molecular weight excluding hydrogens is 429 g/mol. The molecule has 5 rings (SSSR count). The average molecular weight is 458 g/mol. The maximum absolute atomic E-state index is 13.9. The van der Waals surface area contributed by atoms with Crippen molar-refractivity contribution in [2.75, 3.05) is 42.4 Å². The standard InChI is InChI=1S/C23H28N3O3PS/c1-2-25-19-16-20-21(29-15-14-28-20)17-22(19)30(31,24-12-8-3-4-9-13-24)26(23(25)27)18-10-6-5-7-11-18/h5-7,10-11,16-17H,2-4,8-9,12-15H2,1H3/t30-/m0/s1. The van der Waals surface area contributed by atoms with Crippen LogP contribution in [0.5, 0.6) is 11.5 Å². The van der Waals surface area contributed by atoms with Crippen LogP contribution < -0.4 is 24.3 Å². The van der Waals surface area contributed by atoms with Crippen LogP contribution in [-0.2, 0) is 11.8 Å². The van der Waals surface area contributed by atoms with Crippen molar-refractivity contribution in [2.45, 2.75) is 32.6 Å². The highest BCUT2D eigenvalue weighted by Gasteiger charge is 2.47. The highest BCUT2D eigenvalue weighted by atomic mass is 32.4. The molecule has 1 saturated heterocycles. The number of nitrogens with zero attached hydrogens (tertiary/aromatic N) is 3. The number of rotatable bonds is 3. The van der Waals surface area contributed by atoms with E-state index in [-0.39, 0.29) is 6.03 Å². The van der Waals surface area contributed by atoms with E-state index in [1.54, 1.807) is 0 Å². The lowest BCUT2D eigenvalue weighted by Crippen LogP contribution is -2.53. The smallest absolute Gasteiger partial charge is 0.334 e. The third kappa shape index (κ3) is 3.43. The molecule has 3 heterocycles. The summed E-state index contributed by atoms with van der Waals surface area (Å²) in [6, 6.07) is 13.9. The third-order valence-corrected chi connectivity index (χ3v) is 11.1. The normalized spacial score (nSPS) is 24.0. The Balaban J connectivity index is 1.76. The van der Waals surface area contributed by atoms with Gasteiger partial charge in [0.2, 0.25) is 0 Å². The zero-order valence-corrected chi connectivity index (χ0v) is 19.5. The van der Waals surface area contributed by atoms with Gasteiger partial charge < -0.3 is 9.47 Å². The predicted octanol–water partition coefficient (Wildman–Crippen LogP) is 4.74. The van der Waals surface area contributed by atoms with Crippen molar-refractivity contribution in [1.82, 2.24) is 4.67 Å². The fourth-order valence-corrected chi connectivity index (χ4v) is 9.28. The van der Waals surface area contributed by atoms with Crippen LogP contribution in [0.25, 0.3) is 0 Å². The summed E-state index contributed by atoms with van der Waals surface area (Å²) in [6.45, 7) is 5.42. The second-order valence-electron chi connectivity index (χ2n) is 8.07. The summed E-state index contributed by atoms with van der Waals surface area (Å²) in [7, 11) is 0. The third-order valence-electron chi connectivity index (χ3n) is 6.21. The van der Waals surface area contributed by atoms with Gasteiger partial charge in [-0.3, -0.25) is 9.57 Å². The molecule has 0 N–H and O–H groups in total. The fraction of sp³-hybridized carbons (Fsp3) is 0.435. The Morgan fingerprint density at radius 2 is 1.61 bits per heavy atom. The topological polar surface area (TPSA) is 45.3 Å². The summed E-state index contributed by atoms with van der Waals surface area (Å²) >= 11 is 6.59. The van der Waals surface area contributed by atoms with Crippen LogP contribution in [0, 0.1) is 0 Å². The van der Waals surface area contributed by atoms with Crippen molar-refractivity contribution in [2.24, 2.45) is 0 Å². The van der Waals surface area contributed by atoms with Gasteiger partial charge in [-0.1, -0.05) is 42.8 Å². The van der Waals surface area contributed by atoms with Crippen LogP contribution >= 0.6 is 6.34 Å². The summed E-state index contributed by atoms with van der Waals surface area (Å²) in [5.41, 5.74) is 1.73. The van der Waals surface area contributed by atoms with Crippen molar-refractivity contribution in [1.29, 1.82) is 0 Å². The van der Waals surface area contributed by atoms with Crippen LogP contribution in [0.4, 0.5) is 16.2 Å². The first-order valence-corrected chi connectivity index (χ1v) is 13.8. The number of hydrogen-bond donors (Lipinski definition) is 0. The van der Waals surface area contributed by atoms with Crippen molar-refractivity contribution >= 4 is 40.9 Å². The number of fused-ring (bicyclic) bond motifs is 2. The summed E-state index contributed by atoms with van der Waals surface area (Å²) in [5, 5.41) is 1.03. The maximum Gasteiger partial charge on any atom is 0.334 e. The molecule has 2 aromatic rings. The Bertz CT molecular complexity index is 1020. The van der Waals surface area contributed by atoms with E-state index < -0.39 is 6.34 Å². The van der Waals surface area contributed by atoms with Gasteiger partial charge in [-0.2, -0.15) is 0 Å². The van der Waals surface area contributed by atoms with Gasteiger partial charge in [0.15, 0.2) is 11.5 Å². The lowest BCUT2D eigenvalue weighted by Gasteiger charge is -2.49. The number of ether oxygens (including phenoxy) is 2. The largest absolute Gasteiger partial charge is 0.486 e. The Labute approximate surface area is 188 Å². The number of carbonyl (C=O) groups is 1. The molecule has 0 radical (unpaired) electrons. The molecule has 2 amide bonds. The Morgan fingerprint density at radius 1 is 0.968 bits per heavy atom. The molecule has 0 saturated carbocycles. The van der Waals surface area contributed by atoms with E-state index in [0.29, 0.717) is 25.5 Å². The van der Waals surface area contributed by atoms with Gasteiger partial charge in [-0.15, -0.1) is 0 Å². The van der Waals surface area contributed by atoms with E-state index in [1.165, 1.54) is 12.8 Å². The van der Waals surface area contributed by atoms with Crippen molar-refractivity contribution in [3.8, 4) is 11.5 Å². The lowest BCUT2D eigenvalue weighted by molar-refractivity contribution is 0.172. The predicted molar refractivity (Wildman–Crippen MR) is 129 cm³/mol. The molecule has 0 spiro atoms. The van der Waals surface area contributed by atoms with Crippen LogP contribution in [0.3, 0.4) is 0 Å². The minimum absolute atomic E-state index is 0.0505. The van der Waals surface area contributed by atoms with E-state index >= 15 is 0 Å². The summed E-state index contributed by atoms with van der Waals surface area (Å²) in [4.78, 5) is 15.8. The molecule has 1 fully saturated rings. The minimum Gasteiger partial charge on any atom is -0.486 e. The van der Waals surface area contributed by atoms with Gasteiger partial charge in [-0.05, 0) is 38.0 Å². The molecule has 2 aromatic carbocycles. The molecule has 164 valence electrons. The number of carbonyl (C=O) groups excluding carboxylic acids is 1. The van der Waals surface area contributed by atoms with Gasteiger partial charge in [-0.25, -0.2) is 9.46 Å². The molecule has 3 aliphatic rings. The number of anilines is 2. The Kier molecular flexibility index (Phi) is 5.67. The monoisotopic (exact) mass is 457 g/mol. The highest BCUT2D eigenvalue weighted by molar-refractivity contribution is 8.18. The van der Waals surface area contributed by atoms with Gasteiger partial charge in [0.1, 0.15) is 19.6 Å². The first kappa shape index (κ1) is 20.8. The molecule has 0 aromatic heterocycles. The molecular formula is C23H28N3O3PS. The van der Waals surface area contributed by atoms with Gasteiger partial charge in [0.05, 0.1) is 11.4 Å². The van der Waals surface area contributed by atoms with E-state index in [1.807, 2.05) is 52.9 Å². The summed E-state index contributed by atoms with van der Waals surface area (Å²) in [6.07, 6.45) is 2.01. The number of urea groups is 1. The average Bonchev–Trinajstić information content (AvgIpc) is 3.09. The number of benzene rings is 2. The van der Waals surface area contributed by atoms with E-state index in [9.17, 15) is 4.79 Å². The van der Waals surface area contributed by atoms with Crippen LogP contribution in [0.15, 0.2) is 42.5 Å². The first-order valence-electron chi connectivity index (χ1n) is 11.1. The fourth-order valence-electron chi connectivity index (χ4n) is 4.70. The minimum atomic E-state index is -2.62. The van der Waals surface area contributed by atoms with E-state index in [2.05, 4.69) is 10.7 Å². The second kappa shape index (κ2) is 8.45. The van der Waals surface area contributed by atoms with Crippen molar-refractivity contribution in [3.63, 3.8) is 0 Å². The van der Waals surface area contributed by atoms with Gasteiger partial charge in [0, 0.05) is 31.0 Å². The SMILES string of the molecule is CCN1C(=O)N(c2ccccc2)[P@@](=S)(N2CCCCCC2)c2cc3c(cc21)OCCO3. The number of amides is 2.